The molecule has 2 aromatic rings. The number of nitrogens with one attached hydrogen (secondary N) is 1. The van der Waals surface area contributed by atoms with E-state index in [4.69, 9.17) is 0 Å². The molecule has 0 aromatic heterocycles. The van der Waals surface area contributed by atoms with Gasteiger partial charge in [0.05, 0.1) is 4.90 Å². The number of carbonyl (C=O) groups is 1. The largest absolute Gasteiger partial charge is 0.326 e. The lowest BCUT2D eigenvalue weighted by Gasteiger charge is -2.18. The highest BCUT2D eigenvalue weighted by Crippen LogP contribution is 2.18. The predicted molar refractivity (Wildman–Crippen MR) is 109 cm³/mol. The summed E-state index contributed by atoms with van der Waals surface area (Å²) in [7, 11) is -3.44. The summed E-state index contributed by atoms with van der Waals surface area (Å²) in [5.41, 5.74) is 3.89. The normalized spacial score (nSPS) is 11.6. The Bertz CT molecular complexity index is 886. The number of rotatable bonds is 8. The molecule has 0 bridgehead atoms. The van der Waals surface area contributed by atoms with E-state index in [0.717, 1.165) is 22.4 Å². The van der Waals surface area contributed by atoms with Crippen molar-refractivity contribution in [2.45, 2.75) is 45.4 Å². The van der Waals surface area contributed by atoms with Crippen LogP contribution in [0, 0.1) is 13.8 Å². The third-order valence-electron chi connectivity index (χ3n) is 4.57. The molecule has 0 fully saturated rings. The number of sulfonamides is 1. The van der Waals surface area contributed by atoms with E-state index in [9.17, 15) is 13.2 Å². The van der Waals surface area contributed by atoms with E-state index >= 15 is 0 Å². The van der Waals surface area contributed by atoms with Crippen LogP contribution in [0.4, 0.5) is 5.69 Å². The Balaban J connectivity index is 1.99. The van der Waals surface area contributed by atoms with Gasteiger partial charge in [0.2, 0.25) is 15.9 Å². The van der Waals surface area contributed by atoms with E-state index in [-0.39, 0.29) is 10.8 Å². The summed E-state index contributed by atoms with van der Waals surface area (Å²) in [4.78, 5) is 12.5. The van der Waals surface area contributed by atoms with Crippen molar-refractivity contribution in [3.05, 3.63) is 59.2 Å². The SMILES string of the molecule is CCN(CC)S(=O)(=O)c1ccc(CCC(=O)Nc2cc(C)ccc2C)cc1. The van der Waals surface area contributed by atoms with Crippen molar-refractivity contribution >= 4 is 21.6 Å². The second-order valence-corrected chi connectivity index (χ2v) is 8.54. The zero-order valence-electron chi connectivity index (χ0n) is 16.5. The van der Waals surface area contributed by atoms with E-state index < -0.39 is 10.0 Å². The second-order valence-electron chi connectivity index (χ2n) is 6.60. The smallest absolute Gasteiger partial charge is 0.243 e. The van der Waals surface area contributed by atoms with Gasteiger partial charge in [-0.2, -0.15) is 4.31 Å². The fourth-order valence-electron chi connectivity index (χ4n) is 2.88. The van der Waals surface area contributed by atoms with Gasteiger partial charge in [-0.3, -0.25) is 4.79 Å². The molecule has 0 unspecified atom stereocenters. The van der Waals surface area contributed by atoms with Crippen molar-refractivity contribution in [3.63, 3.8) is 0 Å². The molecule has 0 heterocycles. The minimum absolute atomic E-state index is 0.0523. The Morgan fingerprint density at radius 3 is 2.22 bits per heavy atom. The summed E-state index contributed by atoms with van der Waals surface area (Å²) >= 11 is 0. The highest BCUT2D eigenvalue weighted by molar-refractivity contribution is 7.89. The average Bonchev–Trinajstić information content (AvgIpc) is 2.64. The van der Waals surface area contributed by atoms with Crippen LogP contribution < -0.4 is 5.32 Å². The molecule has 2 rings (SSSR count). The summed E-state index contributed by atoms with van der Waals surface area (Å²) in [6, 6.07) is 12.7. The van der Waals surface area contributed by atoms with Crippen molar-refractivity contribution in [1.29, 1.82) is 0 Å². The number of amides is 1. The maximum absolute atomic E-state index is 12.5. The maximum atomic E-state index is 12.5. The molecule has 0 aliphatic heterocycles. The summed E-state index contributed by atoms with van der Waals surface area (Å²) in [6.45, 7) is 8.49. The molecule has 0 aliphatic rings. The molecule has 27 heavy (non-hydrogen) atoms. The van der Waals surface area contributed by atoms with Gasteiger partial charge in [0.25, 0.3) is 0 Å². The zero-order valence-corrected chi connectivity index (χ0v) is 17.3. The van der Waals surface area contributed by atoms with Crippen LogP contribution >= 0.6 is 0 Å². The van der Waals surface area contributed by atoms with Gasteiger partial charge in [0.15, 0.2) is 0 Å². The fraction of sp³-hybridized carbons (Fsp3) is 0.381. The summed E-state index contributed by atoms with van der Waals surface area (Å²) in [5.74, 6) is -0.0523. The molecule has 2 aromatic carbocycles. The van der Waals surface area contributed by atoms with Gasteiger partial charge in [0.1, 0.15) is 0 Å². The molecule has 0 atom stereocenters. The first-order chi connectivity index (χ1) is 12.8. The number of benzene rings is 2. The minimum atomic E-state index is -3.44. The molecule has 0 aliphatic carbocycles. The molecular formula is C21H28N2O3S. The molecule has 0 saturated heterocycles. The van der Waals surface area contributed by atoms with Crippen LogP contribution in [0.25, 0.3) is 0 Å². The topological polar surface area (TPSA) is 66.5 Å². The summed E-state index contributed by atoms with van der Waals surface area (Å²) in [6.07, 6.45) is 0.901. The molecule has 0 saturated carbocycles. The Hall–Kier alpha value is -2.18. The number of hydrogen-bond acceptors (Lipinski definition) is 3. The summed E-state index contributed by atoms with van der Waals surface area (Å²) < 4.78 is 26.4. The van der Waals surface area contributed by atoms with Crippen LogP contribution in [0.3, 0.4) is 0 Å². The average molecular weight is 389 g/mol. The van der Waals surface area contributed by atoms with Crippen LogP contribution in [0.15, 0.2) is 47.4 Å². The van der Waals surface area contributed by atoms with E-state index in [1.54, 1.807) is 24.3 Å². The Labute approximate surface area is 162 Å². The molecule has 1 amide bonds. The predicted octanol–water partition coefficient (Wildman–Crippen LogP) is 3.91. The van der Waals surface area contributed by atoms with Gasteiger partial charge in [0, 0.05) is 25.2 Å². The molecule has 6 heteroatoms. The van der Waals surface area contributed by atoms with Crippen LogP contribution in [-0.2, 0) is 21.2 Å². The zero-order chi connectivity index (χ0) is 20.0. The Morgan fingerprint density at radius 2 is 1.63 bits per heavy atom. The van der Waals surface area contributed by atoms with Gasteiger partial charge in [-0.05, 0) is 55.2 Å². The van der Waals surface area contributed by atoms with E-state index in [1.807, 2.05) is 45.9 Å². The Kier molecular flexibility index (Phi) is 7.16. The van der Waals surface area contributed by atoms with Gasteiger partial charge < -0.3 is 5.32 Å². The van der Waals surface area contributed by atoms with Crippen LogP contribution in [0.5, 0.6) is 0 Å². The first-order valence-corrected chi connectivity index (χ1v) is 10.7. The van der Waals surface area contributed by atoms with Crippen LogP contribution in [-0.4, -0.2) is 31.7 Å². The van der Waals surface area contributed by atoms with E-state index in [1.165, 1.54) is 4.31 Å². The van der Waals surface area contributed by atoms with E-state index in [0.29, 0.717) is 25.9 Å². The molecule has 0 spiro atoms. The number of aryl methyl sites for hydroxylation is 3. The Morgan fingerprint density at radius 1 is 1.00 bits per heavy atom. The first kappa shape index (κ1) is 21.1. The minimum Gasteiger partial charge on any atom is -0.326 e. The van der Waals surface area contributed by atoms with E-state index in [2.05, 4.69) is 5.32 Å². The monoisotopic (exact) mass is 388 g/mol. The quantitative estimate of drug-likeness (QED) is 0.746. The third-order valence-corrected chi connectivity index (χ3v) is 6.64. The fourth-order valence-corrected chi connectivity index (χ4v) is 4.34. The lowest BCUT2D eigenvalue weighted by molar-refractivity contribution is -0.116. The second kappa shape index (κ2) is 9.15. The van der Waals surface area contributed by atoms with Crippen LogP contribution in [0.1, 0.15) is 37.0 Å². The standard InChI is InChI=1S/C21H28N2O3S/c1-5-23(6-2)27(25,26)19-12-9-18(10-13-19)11-14-21(24)22-20-15-16(3)7-8-17(20)4/h7-10,12-13,15H,5-6,11,14H2,1-4H3,(H,22,24). The maximum Gasteiger partial charge on any atom is 0.243 e. The van der Waals surface area contributed by atoms with Crippen molar-refractivity contribution in [2.24, 2.45) is 0 Å². The number of hydrogen-bond donors (Lipinski definition) is 1. The highest BCUT2D eigenvalue weighted by Gasteiger charge is 2.21. The van der Waals surface area contributed by atoms with Gasteiger partial charge in [-0.15, -0.1) is 0 Å². The van der Waals surface area contributed by atoms with Crippen molar-refractivity contribution in [3.8, 4) is 0 Å². The number of nitrogens with zero attached hydrogens (tertiary/aromatic N) is 1. The van der Waals surface area contributed by atoms with Gasteiger partial charge >= 0.3 is 0 Å². The van der Waals surface area contributed by atoms with Crippen molar-refractivity contribution in [1.82, 2.24) is 4.31 Å². The first-order valence-electron chi connectivity index (χ1n) is 9.24. The lowest BCUT2D eigenvalue weighted by Crippen LogP contribution is -2.30. The number of carbonyl (C=O) groups excluding carboxylic acids is 1. The third kappa shape index (κ3) is 5.40. The summed E-state index contributed by atoms with van der Waals surface area (Å²) in [5, 5.41) is 2.95. The molecule has 5 nitrogen and oxygen atoms in total. The molecular weight excluding hydrogens is 360 g/mol. The molecule has 146 valence electrons. The van der Waals surface area contributed by atoms with Crippen molar-refractivity contribution < 1.29 is 13.2 Å². The van der Waals surface area contributed by atoms with Crippen LogP contribution in [0.2, 0.25) is 0 Å². The highest BCUT2D eigenvalue weighted by atomic mass is 32.2. The van der Waals surface area contributed by atoms with Gasteiger partial charge in [-0.1, -0.05) is 38.1 Å². The molecule has 0 radical (unpaired) electrons. The van der Waals surface area contributed by atoms with Gasteiger partial charge in [-0.25, -0.2) is 8.42 Å². The number of anilines is 1. The lowest BCUT2D eigenvalue weighted by atomic mass is 10.1. The molecule has 1 N–H and O–H groups in total. The van der Waals surface area contributed by atoms with Crippen molar-refractivity contribution in [2.75, 3.05) is 18.4 Å².